The van der Waals surface area contributed by atoms with Crippen LogP contribution in [0.2, 0.25) is 0 Å². The van der Waals surface area contributed by atoms with Crippen molar-refractivity contribution in [2.45, 2.75) is 64.4 Å². The van der Waals surface area contributed by atoms with Crippen LogP contribution < -0.4 is 0 Å². The minimum atomic E-state index is 0.756. The van der Waals surface area contributed by atoms with E-state index in [-0.39, 0.29) is 0 Å². The first-order valence-corrected chi connectivity index (χ1v) is 7.84. The molecule has 0 atom stereocenters. The van der Waals surface area contributed by atoms with Crippen molar-refractivity contribution in [1.82, 2.24) is 0 Å². The molecule has 0 aliphatic heterocycles. The number of hydrogen-bond acceptors (Lipinski definition) is 1. The highest BCUT2D eigenvalue weighted by molar-refractivity contribution is 5.13. The molecule has 0 saturated carbocycles. The molecule has 1 rings (SSSR count). The van der Waals surface area contributed by atoms with E-state index < -0.39 is 0 Å². The van der Waals surface area contributed by atoms with E-state index in [9.17, 15) is 0 Å². The lowest BCUT2D eigenvalue weighted by molar-refractivity contribution is 0.116. The van der Waals surface area contributed by atoms with Crippen LogP contribution in [-0.4, -0.2) is 6.61 Å². The van der Waals surface area contributed by atoms with Gasteiger partial charge in [0.05, 0.1) is 6.61 Å². The fourth-order valence-corrected chi connectivity index (χ4v) is 2.21. The van der Waals surface area contributed by atoms with Gasteiger partial charge in [-0.3, -0.25) is 0 Å². The van der Waals surface area contributed by atoms with Crippen molar-refractivity contribution in [1.29, 1.82) is 0 Å². The lowest BCUT2D eigenvalue weighted by Gasteiger charge is -2.04. The maximum atomic E-state index is 5.67. The van der Waals surface area contributed by atoms with Crippen LogP contribution in [0.1, 0.15) is 63.4 Å². The Balaban J connectivity index is 1.79. The second kappa shape index (κ2) is 12.2. The summed E-state index contributed by atoms with van der Waals surface area (Å²) in [6, 6.07) is 10.4. The van der Waals surface area contributed by atoms with Gasteiger partial charge in [-0.2, -0.15) is 0 Å². The quantitative estimate of drug-likeness (QED) is 0.448. The second-order valence-corrected chi connectivity index (χ2v) is 5.22. The summed E-state index contributed by atoms with van der Waals surface area (Å²) in [5.74, 6) is 0. The molecule has 1 nitrogen and oxygen atoms in total. The number of rotatable bonds is 12. The van der Waals surface area contributed by atoms with E-state index in [0.29, 0.717) is 0 Å². The maximum absolute atomic E-state index is 5.67. The Morgan fingerprint density at radius 2 is 1.32 bits per heavy atom. The monoisotopic (exact) mass is 261 g/mol. The van der Waals surface area contributed by atoms with E-state index in [1.165, 1.54) is 56.9 Å². The van der Waals surface area contributed by atoms with Gasteiger partial charge in [0, 0.05) is 6.61 Å². The highest BCUT2D eigenvalue weighted by Gasteiger charge is 1.94. The highest BCUT2D eigenvalue weighted by atomic mass is 16.5. The van der Waals surface area contributed by atoms with Gasteiger partial charge in [0.2, 0.25) is 0 Å². The molecular formula is C18H29O. The minimum Gasteiger partial charge on any atom is -0.377 e. The van der Waals surface area contributed by atoms with Gasteiger partial charge in [-0.1, -0.05) is 88.6 Å². The van der Waals surface area contributed by atoms with Crippen molar-refractivity contribution >= 4 is 0 Å². The van der Waals surface area contributed by atoms with Crippen molar-refractivity contribution in [3.8, 4) is 0 Å². The second-order valence-electron chi connectivity index (χ2n) is 5.22. The van der Waals surface area contributed by atoms with Gasteiger partial charge in [-0.05, 0) is 12.0 Å². The summed E-state index contributed by atoms with van der Waals surface area (Å²) in [7, 11) is 0. The largest absolute Gasteiger partial charge is 0.377 e. The van der Waals surface area contributed by atoms with E-state index >= 15 is 0 Å². The molecule has 0 heterocycles. The molecule has 1 heteroatoms. The van der Waals surface area contributed by atoms with E-state index in [4.69, 9.17) is 4.74 Å². The fraction of sp³-hybridized carbons (Fsp3) is 0.611. The van der Waals surface area contributed by atoms with Gasteiger partial charge in [-0.15, -0.1) is 0 Å². The van der Waals surface area contributed by atoms with Crippen LogP contribution in [0, 0.1) is 6.92 Å². The van der Waals surface area contributed by atoms with Crippen LogP contribution in [0.4, 0.5) is 0 Å². The van der Waals surface area contributed by atoms with Crippen LogP contribution in [0.3, 0.4) is 0 Å². The molecule has 0 N–H and O–H groups in total. The van der Waals surface area contributed by atoms with E-state index in [0.717, 1.165) is 19.6 Å². The van der Waals surface area contributed by atoms with E-state index in [1.807, 2.05) is 6.07 Å². The number of benzene rings is 1. The lowest BCUT2D eigenvalue weighted by Crippen LogP contribution is -1.95. The summed E-state index contributed by atoms with van der Waals surface area (Å²) in [6.07, 6.45) is 11.8. The zero-order valence-corrected chi connectivity index (χ0v) is 12.3. The molecule has 0 aromatic heterocycles. The topological polar surface area (TPSA) is 9.23 Å². The number of ether oxygens (including phenoxy) is 1. The van der Waals surface area contributed by atoms with Crippen molar-refractivity contribution < 1.29 is 4.74 Å². The predicted molar refractivity (Wildman–Crippen MR) is 83.0 cm³/mol. The van der Waals surface area contributed by atoms with Crippen LogP contribution in [0.15, 0.2) is 30.3 Å². The third-order valence-corrected chi connectivity index (χ3v) is 3.40. The normalized spacial score (nSPS) is 10.8. The SMILES string of the molecule is [CH2]CCCCCCCCCCOCc1ccccc1. The zero-order chi connectivity index (χ0) is 13.6. The predicted octanol–water partition coefficient (Wildman–Crippen LogP) is 5.55. The summed E-state index contributed by atoms with van der Waals surface area (Å²) in [5.41, 5.74) is 1.27. The standard InChI is InChI=1S/C18H29O/c1-2-3-4-5-6-7-8-9-13-16-19-17-18-14-11-10-12-15-18/h10-12,14-15H,1-9,13,16-17H2. The Hall–Kier alpha value is -0.820. The molecule has 0 fully saturated rings. The van der Waals surface area contributed by atoms with E-state index in [1.54, 1.807) is 0 Å². The minimum absolute atomic E-state index is 0.756. The first-order chi connectivity index (χ1) is 9.43. The van der Waals surface area contributed by atoms with Crippen LogP contribution >= 0.6 is 0 Å². The molecule has 1 aromatic carbocycles. The molecule has 1 aromatic rings. The summed E-state index contributed by atoms with van der Waals surface area (Å²) >= 11 is 0. The molecule has 0 spiro atoms. The summed E-state index contributed by atoms with van der Waals surface area (Å²) in [4.78, 5) is 0. The lowest BCUT2D eigenvalue weighted by atomic mass is 10.1. The average molecular weight is 261 g/mol. The molecule has 0 amide bonds. The average Bonchev–Trinajstić information content (AvgIpc) is 2.46. The van der Waals surface area contributed by atoms with Crippen molar-refractivity contribution in [3.63, 3.8) is 0 Å². The molecule has 19 heavy (non-hydrogen) atoms. The first-order valence-electron chi connectivity index (χ1n) is 7.84. The molecule has 1 radical (unpaired) electrons. The van der Waals surface area contributed by atoms with Crippen LogP contribution in [-0.2, 0) is 11.3 Å². The molecule has 0 aliphatic rings. The van der Waals surface area contributed by atoms with Gasteiger partial charge in [0.1, 0.15) is 0 Å². The van der Waals surface area contributed by atoms with Crippen molar-refractivity contribution in [3.05, 3.63) is 42.8 Å². The zero-order valence-electron chi connectivity index (χ0n) is 12.3. The fourth-order valence-electron chi connectivity index (χ4n) is 2.21. The Morgan fingerprint density at radius 1 is 0.737 bits per heavy atom. The Kier molecular flexibility index (Phi) is 10.4. The van der Waals surface area contributed by atoms with Gasteiger partial charge in [0.25, 0.3) is 0 Å². The smallest absolute Gasteiger partial charge is 0.0716 e. The summed E-state index contributed by atoms with van der Waals surface area (Å²) < 4.78 is 5.67. The molecule has 0 bridgehead atoms. The number of hydrogen-bond donors (Lipinski definition) is 0. The first kappa shape index (κ1) is 16.2. The Labute approximate surface area is 119 Å². The van der Waals surface area contributed by atoms with Gasteiger partial charge < -0.3 is 4.74 Å². The van der Waals surface area contributed by atoms with Gasteiger partial charge in [-0.25, -0.2) is 0 Å². The van der Waals surface area contributed by atoms with Gasteiger partial charge >= 0.3 is 0 Å². The van der Waals surface area contributed by atoms with E-state index in [2.05, 4.69) is 31.2 Å². The van der Waals surface area contributed by atoms with Crippen molar-refractivity contribution in [2.75, 3.05) is 6.61 Å². The molecular weight excluding hydrogens is 232 g/mol. The third-order valence-electron chi connectivity index (χ3n) is 3.40. The number of unbranched alkanes of at least 4 members (excludes halogenated alkanes) is 8. The maximum Gasteiger partial charge on any atom is 0.0716 e. The highest BCUT2D eigenvalue weighted by Crippen LogP contribution is 2.09. The molecule has 0 unspecified atom stereocenters. The Morgan fingerprint density at radius 3 is 1.95 bits per heavy atom. The molecule has 0 saturated heterocycles. The molecule has 0 aliphatic carbocycles. The van der Waals surface area contributed by atoms with Gasteiger partial charge in [0.15, 0.2) is 0 Å². The summed E-state index contributed by atoms with van der Waals surface area (Å²) in [6.45, 7) is 5.52. The molecule has 107 valence electrons. The summed E-state index contributed by atoms with van der Waals surface area (Å²) in [5, 5.41) is 0. The third kappa shape index (κ3) is 9.72. The van der Waals surface area contributed by atoms with Crippen LogP contribution in [0.5, 0.6) is 0 Å². The Bertz CT molecular complexity index is 281. The van der Waals surface area contributed by atoms with Crippen LogP contribution in [0.25, 0.3) is 0 Å². The van der Waals surface area contributed by atoms with Crippen molar-refractivity contribution in [2.24, 2.45) is 0 Å².